The van der Waals surface area contributed by atoms with E-state index < -0.39 is 21.9 Å². The zero-order chi connectivity index (χ0) is 29.8. The maximum absolute atomic E-state index is 13.0. The molecule has 2 atom stereocenters. The summed E-state index contributed by atoms with van der Waals surface area (Å²) in [5.41, 5.74) is 3.79. The number of pyridine rings is 1. The Hall–Kier alpha value is -4.29. The summed E-state index contributed by atoms with van der Waals surface area (Å²) in [4.78, 5) is 27.8. The Kier molecular flexibility index (Phi) is 8.39. The Morgan fingerprint density at radius 3 is 2.63 bits per heavy atom. The number of rotatable bonds is 8. The van der Waals surface area contributed by atoms with Crippen LogP contribution in [0.15, 0.2) is 71.5 Å². The van der Waals surface area contributed by atoms with Crippen molar-refractivity contribution < 1.29 is 23.2 Å². The number of nitrogens with zero attached hydrogens (tertiary/aromatic N) is 5. The van der Waals surface area contributed by atoms with Crippen molar-refractivity contribution in [2.24, 2.45) is 4.36 Å². The second-order valence-electron chi connectivity index (χ2n) is 10.7. The fraction of sp³-hybridized carbons (Fsp3) is 0.355. The van der Waals surface area contributed by atoms with Crippen LogP contribution in [-0.4, -0.2) is 74.1 Å². The molecule has 12 heteroatoms. The number of benzene rings is 2. The first-order valence-electron chi connectivity index (χ1n) is 14.3. The number of carbonyl (C=O) groups is 1. The Morgan fingerprint density at radius 1 is 1.05 bits per heavy atom. The predicted octanol–water partition coefficient (Wildman–Crippen LogP) is 5.38. The lowest BCUT2D eigenvalue weighted by atomic mass is 10.1. The number of hydrogen-bond acceptors (Lipinski definition) is 10. The highest BCUT2D eigenvalue weighted by Gasteiger charge is 2.38. The number of aryl methyl sites for hydroxylation is 1. The molecule has 6 rings (SSSR count). The zero-order valence-corrected chi connectivity index (χ0v) is 25.0. The van der Waals surface area contributed by atoms with E-state index in [-0.39, 0.29) is 19.3 Å². The van der Waals surface area contributed by atoms with Crippen LogP contribution in [-0.2, 0) is 25.8 Å². The van der Waals surface area contributed by atoms with Gasteiger partial charge in [0.1, 0.15) is 36.6 Å². The van der Waals surface area contributed by atoms with Crippen LogP contribution in [0.5, 0.6) is 5.88 Å². The molecule has 1 amide bonds. The molecular formula is C31H34N6O5S. The van der Waals surface area contributed by atoms with E-state index in [2.05, 4.69) is 24.6 Å². The lowest BCUT2D eigenvalue weighted by Gasteiger charge is -2.20. The van der Waals surface area contributed by atoms with E-state index in [4.69, 9.17) is 14.2 Å². The summed E-state index contributed by atoms with van der Waals surface area (Å²) in [5, 5.41) is 4.18. The van der Waals surface area contributed by atoms with E-state index >= 15 is 0 Å². The number of anilines is 2. The summed E-state index contributed by atoms with van der Waals surface area (Å²) in [6, 6.07) is 17.0. The van der Waals surface area contributed by atoms with Gasteiger partial charge in [0.25, 0.3) is 0 Å². The van der Waals surface area contributed by atoms with Crippen LogP contribution in [0.2, 0.25) is 0 Å². The van der Waals surface area contributed by atoms with Gasteiger partial charge < -0.3 is 24.4 Å². The van der Waals surface area contributed by atoms with Crippen LogP contribution in [0.25, 0.3) is 10.9 Å². The number of nitrogens with one attached hydrogen (secondary N) is 1. The van der Waals surface area contributed by atoms with Crippen molar-refractivity contribution >= 4 is 43.9 Å². The highest BCUT2D eigenvalue weighted by molar-refractivity contribution is 7.93. The van der Waals surface area contributed by atoms with Gasteiger partial charge in [-0.05, 0) is 55.2 Å². The number of ether oxygens (including phenoxy) is 3. The number of likely N-dealkylation sites (tertiary alicyclic amines) is 1. The molecule has 2 saturated heterocycles. The minimum absolute atomic E-state index is 0.189. The summed E-state index contributed by atoms with van der Waals surface area (Å²) in [7, 11) is -0.608. The largest absolute Gasteiger partial charge is 0.468 e. The Labute approximate surface area is 250 Å². The van der Waals surface area contributed by atoms with Crippen LogP contribution in [0.4, 0.5) is 22.0 Å². The fourth-order valence-corrected chi connectivity index (χ4v) is 7.64. The third-order valence-electron chi connectivity index (χ3n) is 7.64. The Bertz CT molecular complexity index is 1730. The molecule has 2 fully saturated rings. The molecule has 0 bridgehead atoms. The Balaban J connectivity index is 1.19. The average Bonchev–Trinajstić information content (AvgIpc) is 3.63. The van der Waals surface area contributed by atoms with Crippen LogP contribution >= 0.6 is 0 Å². The van der Waals surface area contributed by atoms with Gasteiger partial charge in [0, 0.05) is 30.2 Å². The van der Waals surface area contributed by atoms with Gasteiger partial charge in [-0.2, -0.15) is 4.36 Å². The van der Waals surface area contributed by atoms with Gasteiger partial charge >= 0.3 is 6.09 Å². The van der Waals surface area contributed by atoms with E-state index in [1.807, 2.05) is 55.5 Å². The van der Waals surface area contributed by atoms with Gasteiger partial charge in [-0.25, -0.2) is 24.0 Å². The minimum Gasteiger partial charge on any atom is -0.468 e. The third-order valence-corrected chi connectivity index (χ3v) is 10.0. The van der Waals surface area contributed by atoms with Crippen molar-refractivity contribution in [1.82, 2.24) is 19.9 Å². The van der Waals surface area contributed by atoms with Crippen LogP contribution < -0.4 is 10.1 Å². The molecule has 2 aliphatic rings. The van der Waals surface area contributed by atoms with Gasteiger partial charge in [-0.1, -0.05) is 30.3 Å². The van der Waals surface area contributed by atoms with Gasteiger partial charge in [0.15, 0.2) is 0 Å². The maximum Gasteiger partial charge on any atom is 0.410 e. The quantitative estimate of drug-likeness (QED) is 0.282. The van der Waals surface area contributed by atoms with Crippen molar-refractivity contribution in [2.45, 2.75) is 38.6 Å². The zero-order valence-electron chi connectivity index (χ0n) is 24.1. The molecule has 0 spiro atoms. The lowest BCUT2D eigenvalue weighted by molar-refractivity contribution is 0.0322. The molecular weight excluding hydrogens is 568 g/mol. The van der Waals surface area contributed by atoms with E-state index in [0.29, 0.717) is 46.6 Å². The minimum atomic E-state index is -2.20. The number of aromatic nitrogens is 3. The number of fused-ring (bicyclic) bond motifs is 1. The number of methoxy groups -OCH3 is 1. The van der Waals surface area contributed by atoms with Crippen LogP contribution in [0, 0.1) is 6.92 Å². The highest BCUT2D eigenvalue weighted by Crippen LogP contribution is 2.34. The van der Waals surface area contributed by atoms with E-state index in [0.717, 1.165) is 29.4 Å². The van der Waals surface area contributed by atoms with Crippen molar-refractivity contribution in [3.8, 4) is 5.88 Å². The first-order chi connectivity index (χ1) is 20.9. The molecule has 2 aliphatic heterocycles. The number of hydrogen-bond donors (Lipinski definition) is 1. The lowest BCUT2D eigenvalue weighted by Crippen LogP contribution is -2.32. The first kappa shape index (κ1) is 28.8. The molecule has 2 aromatic heterocycles. The molecule has 43 heavy (non-hydrogen) atoms. The molecule has 2 aromatic carbocycles. The molecule has 0 aliphatic carbocycles. The summed E-state index contributed by atoms with van der Waals surface area (Å²) >= 11 is 0. The highest BCUT2D eigenvalue weighted by atomic mass is 32.2. The van der Waals surface area contributed by atoms with Crippen molar-refractivity contribution in [3.05, 3.63) is 78.2 Å². The molecule has 0 unspecified atom stereocenters. The summed E-state index contributed by atoms with van der Waals surface area (Å²) in [6.07, 6.45) is 3.76. The summed E-state index contributed by atoms with van der Waals surface area (Å²) in [5.74, 6) is 2.21. The molecule has 11 nitrogen and oxygen atoms in total. The van der Waals surface area contributed by atoms with Gasteiger partial charge in [0.2, 0.25) is 5.88 Å². The molecule has 1 N–H and O–H groups in total. The standard InChI is InChI=1S/C31H34N6O5S/c1-21-15-23(36-43(39)13-6-7-14-43)16-25-28(21)29(34-20-33-25)35-24-11-8-12-32-30(24)42-27-18-37(17-26(27)40-2)31(38)41-19-22-9-4-3-5-10-22/h3-5,8-12,15-16,20,26-27H,6-7,13-14,17-19H2,1-2H3,(H,33,34,35)/t26-,27-/m1/s1. The topological polar surface area (TPSA) is 128 Å². The van der Waals surface area contributed by atoms with E-state index in [9.17, 15) is 9.00 Å². The normalized spacial score (nSPS) is 19.3. The van der Waals surface area contributed by atoms with Gasteiger partial charge in [-0.3, -0.25) is 0 Å². The molecule has 0 saturated carbocycles. The van der Waals surface area contributed by atoms with Crippen molar-refractivity contribution in [1.29, 1.82) is 0 Å². The van der Waals surface area contributed by atoms with Crippen LogP contribution in [0.3, 0.4) is 0 Å². The fourth-order valence-electron chi connectivity index (χ4n) is 5.46. The second kappa shape index (κ2) is 12.5. The molecule has 4 heterocycles. The summed E-state index contributed by atoms with van der Waals surface area (Å²) < 4.78 is 35.1. The van der Waals surface area contributed by atoms with Crippen molar-refractivity contribution in [3.63, 3.8) is 0 Å². The second-order valence-corrected chi connectivity index (χ2v) is 13.3. The van der Waals surface area contributed by atoms with Gasteiger partial charge in [-0.15, -0.1) is 0 Å². The SMILES string of the molecule is CO[C@@H]1CN(C(=O)OCc2ccccc2)C[C@H]1Oc1ncccc1Nc1ncnc2cc(N=S3(=O)CCCC3)cc(C)c12. The average molecular weight is 603 g/mol. The molecule has 224 valence electrons. The van der Waals surface area contributed by atoms with Crippen molar-refractivity contribution in [2.75, 3.05) is 37.0 Å². The van der Waals surface area contributed by atoms with Gasteiger partial charge in [0.05, 0.1) is 34.0 Å². The number of carbonyl (C=O) groups excluding carboxylic acids is 1. The first-order valence-corrected chi connectivity index (χ1v) is 16.1. The van der Waals surface area contributed by atoms with E-state index in [1.54, 1.807) is 24.3 Å². The Morgan fingerprint density at radius 2 is 1.84 bits per heavy atom. The maximum atomic E-state index is 13.0. The molecule has 4 aromatic rings. The van der Waals surface area contributed by atoms with E-state index in [1.165, 1.54) is 6.33 Å². The summed E-state index contributed by atoms with van der Waals surface area (Å²) in [6.45, 7) is 2.77. The van der Waals surface area contributed by atoms with Crippen LogP contribution in [0.1, 0.15) is 24.0 Å². The monoisotopic (exact) mass is 602 g/mol. The number of amides is 1. The predicted molar refractivity (Wildman–Crippen MR) is 164 cm³/mol. The third kappa shape index (κ3) is 6.55. The molecule has 0 radical (unpaired) electrons. The smallest absolute Gasteiger partial charge is 0.410 e.